The number of piperidine rings is 1. The van der Waals surface area contributed by atoms with Gasteiger partial charge in [0.2, 0.25) is 0 Å². The Balaban J connectivity index is 1.39. The molecule has 5 heterocycles. The van der Waals surface area contributed by atoms with Gasteiger partial charge >= 0.3 is 0 Å². The smallest absolute Gasteiger partial charge is 0.106 e. The monoisotopic (exact) mass is 468 g/mol. The lowest BCUT2D eigenvalue weighted by molar-refractivity contribution is -0.129. The topological polar surface area (TPSA) is 102 Å². The third-order valence-electron chi connectivity index (χ3n) is 6.98. The molecule has 2 aromatic rings. The molecule has 3 N–H and O–H groups in total. The predicted octanol–water partition coefficient (Wildman–Crippen LogP) is 2.55. The van der Waals surface area contributed by atoms with Gasteiger partial charge in [0.05, 0.1) is 42.0 Å². The molecule has 4 atom stereocenters. The van der Waals surface area contributed by atoms with Gasteiger partial charge in [0.1, 0.15) is 11.7 Å². The molecule has 2 aromatic heterocycles. The minimum Gasteiger partial charge on any atom is -0.396 e. The van der Waals surface area contributed by atoms with Crippen molar-refractivity contribution in [3.05, 3.63) is 32.7 Å². The number of fused-ring (bicyclic) bond motifs is 2. The number of aromatic nitrogens is 3. The number of thiophene rings is 1. The Bertz CT molecular complexity index is 930. The average molecular weight is 469 g/mol. The van der Waals surface area contributed by atoms with Gasteiger partial charge < -0.3 is 25.0 Å². The van der Waals surface area contributed by atoms with Gasteiger partial charge in [0, 0.05) is 41.5 Å². The third-order valence-corrected chi connectivity index (χ3v) is 8.44. The molecule has 0 bridgehead atoms. The quantitative estimate of drug-likeness (QED) is 0.633. The van der Waals surface area contributed by atoms with Crippen molar-refractivity contribution in [1.29, 1.82) is 0 Å². The van der Waals surface area contributed by atoms with Crippen LogP contribution < -0.4 is 5.32 Å². The lowest BCUT2D eigenvalue weighted by Gasteiger charge is -2.46. The molecule has 1 spiro atoms. The summed E-state index contributed by atoms with van der Waals surface area (Å²) in [5, 5.41) is 32.9. The van der Waals surface area contributed by atoms with Crippen molar-refractivity contribution < 1.29 is 19.7 Å². The van der Waals surface area contributed by atoms with Gasteiger partial charge in [0.25, 0.3) is 0 Å². The number of aliphatic hydroxyl groups is 2. The van der Waals surface area contributed by atoms with Gasteiger partial charge in [-0.05, 0) is 32.3 Å². The SMILES string of the molecule is C[C@H]1C[C@@]2(C[C@@H](c3cn(CC4(CO)CCOCC4)nn3)N1)OC[C@@H](O)c1cc(Cl)sc12. The van der Waals surface area contributed by atoms with Crippen molar-refractivity contribution in [3.63, 3.8) is 0 Å². The molecule has 0 amide bonds. The third kappa shape index (κ3) is 4.06. The number of halogens is 1. The minimum atomic E-state index is -0.636. The largest absolute Gasteiger partial charge is 0.396 e. The number of ether oxygens (including phenoxy) is 2. The fraction of sp³-hybridized carbons (Fsp3) is 0.714. The fourth-order valence-corrected chi connectivity index (χ4v) is 6.75. The first-order valence-corrected chi connectivity index (χ1v) is 12.1. The molecule has 0 saturated carbocycles. The molecular formula is C21H29ClN4O4S. The molecule has 10 heteroatoms. The zero-order valence-corrected chi connectivity index (χ0v) is 19.2. The van der Waals surface area contributed by atoms with E-state index in [1.165, 1.54) is 11.3 Å². The first-order chi connectivity index (χ1) is 14.9. The Morgan fingerprint density at radius 2 is 2.16 bits per heavy atom. The number of nitrogens with zero attached hydrogens (tertiary/aromatic N) is 3. The van der Waals surface area contributed by atoms with Gasteiger partial charge in [-0.25, -0.2) is 0 Å². The number of rotatable bonds is 4. The summed E-state index contributed by atoms with van der Waals surface area (Å²) in [5.74, 6) is 0. The van der Waals surface area contributed by atoms with Gasteiger partial charge in [-0.2, -0.15) is 0 Å². The van der Waals surface area contributed by atoms with Crippen LogP contribution in [0.1, 0.15) is 60.9 Å². The second kappa shape index (κ2) is 8.37. The Labute approximate surface area is 190 Å². The van der Waals surface area contributed by atoms with Crippen LogP contribution in [-0.4, -0.2) is 57.7 Å². The molecule has 2 fully saturated rings. The predicted molar refractivity (Wildman–Crippen MR) is 116 cm³/mol. The maximum Gasteiger partial charge on any atom is 0.106 e. The fourth-order valence-electron chi connectivity index (χ4n) is 5.30. The van der Waals surface area contributed by atoms with Crippen molar-refractivity contribution >= 4 is 22.9 Å². The van der Waals surface area contributed by atoms with E-state index in [4.69, 9.17) is 21.1 Å². The second-order valence-corrected chi connectivity index (χ2v) is 11.0. The van der Waals surface area contributed by atoms with Crippen LogP contribution in [0.25, 0.3) is 0 Å². The summed E-state index contributed by atoms with van der Waals surface area (Å²) in [4.78, 5) is 1.03. The average Bonchev–Trinajstić information content (AvgIpc) is 3.39. The molecule has 31 heavy (non-hydrogen) atoms. The van der Waals surface area contributed by atoms with E-state index in [-0.39, 0.29) is 30.7 Å². The Kier molecular flexibility index (Phi) is 5.87. The van der Waals surface area contributed by atoms with Gasteiger partial charge in [-0.3, -0.25) is 4.68 Å². The number of nitrogens with one attached hydrogen (secondary N) is 1. The zero-order chi connectivity index (χ0) is 21.6. The maximum absolute atomic E-state index is 10.4. The highest BCUT2D eigenvalue weighted by molar-refractivity contribution is 7.16. The van der Waals surface area contributed by atoms with Crippen molar-refractivity contribution in [2.45, 2.75) is 62.9 Å². The molecule has 5 rings (SSSR count). The molecule has 2 saturated heterocycles. The highest BCUT2D eigenvalue weighted by Crippen LogP contribution is 2.51. The summed E-state index contributed by atoms with van der Waals surface area (Å²) >= 11 is 7.81. The van der Waals surface area contributed by atoms with Crippen LogP contribution in [0, 0.1) is 5.41 Å². The summed E-state index contributed by atoms with van der Waals surface area (Å²) in [6.07, 6.45) is 4.49. The molecule has 3 aliphatic rings. The van der Waals surface area contributed by atoms with E-state index in [1.807, 2.05) is 16.9 Å². The standard InChI is InChI=1S/C21H29ClN4O4S/c1-13-7-21(19-14(6-18(22)31-19)17(28)10-30-21)8-15(23-13)16-9-26(25-24-16)11-20(12-27)2-4-29-5-3-20/h6,9,13,15,17,23,27-28H,2-5,7-8,10-12H2,1H3/t13-,15-,17+,21-/m0/s1. The Hall–Kier alpha value is -1.07. The van der Waals surface area contributed by atoms with Crippen molar-refractivity contribution in [1.82, 2.24) is 20.3 Å². The second-order valence-electron chi connectivity index (χ2n) is 9.30. The van der Waals surface area contributed by atoms with E-state index >= 15 is 0 Å². The molecule has 8 nitrogen and oxygen atoms in total. The van der Waals surface area contributed by atoms with Crippen molar-refractivity contribution in [2.75, 3.05) is 26.4 Å². The van der Waals surface area contributed by atoms with E-state index < -0.39 is 11.7 Å². The first-order valence-electron chi connectivity index (χ1n) is 10.9. The highest BCUT2D eigenvalue weighted by Gasteiger charge is 2.48. The van der Waals surface area contributed by atoms with Gasteiger partial charge in [-0.15, -0.1) is 16.4 Å². The van der Waals surface area contributed by atoms with Crippen LogP contribution in [0.4, 0.5) is 0 Å². The van der Waals surface area contributed by atoms with Crippen LogP contribution in [-0.2, 0) is 21.6 Å². The normalized spacial score (nSPS) is 32.8. The lowest BCUT2D eigenvalue weighted by Crippen LogP contribution is -2.50. The van der Waals surface area contributed by atoms with Crippen LogP contribution in [0.5, 0.6) is 0 Å². The van der Waals surface area contributed by atoms with E-state index in [2.05, 4.69) is 22.6 Å². The van der Waals surface area contributed by atoms with Crippen molar-refractivity contribution in [3.8, 4) is 0 Å². The van der Waals surface area contributed by atoms with E-state index in [9.17, 15) is 10.2 Å². The molecule has 0 aliphatic carbocycles. The molecule has 0 aromatic carbocycles. The number of hydrogen-bond acceptors (Lipinski definition) is 8. The van der Waals surface area contributed by atoms with Gasteiger partial charge in [-0.1, -0.05) is 16.8 Å². The van der Waals surface area contributed by atoms with E-state index in [1.54, 1.807) is 0 Å². The van der Waals surface area contributed by atoms with E-state index in [0.29, 0.717) is 30.5 Å². The molecule has 0 radical (unpaired) electrons. The molecule has 3 aliphatic heterocycles. The summed E-state index contributed by atoms with van der Waals surface area (Å²) in [5.41, 5.74) is 1.06. The number of hydrogen-bond donors (Lipinski definition) is 3. The summed E-state index contributed by atoms with van der Waals surface area (Å²) in [6, 6.07) is 2.05. The van der Waals surface area contributed by atoms with Crippen LogP contribution in [0.15, 0.2) is 12.3 Å². The van der Waals surface area contributed by atoms with Crippen molar-refractivity contribution in [2.24, 2.45) is 5.41 Å². The molecule has 170 valence electrons. The van der Waals surface area contributed by atoms with Crippen LogP contribution in [0.3, 0.4) is 0 Å². The summed E-state index contributed by atoms with van der Waals surface area (Å²) < 4.78 is 14.3. The zero-order valence-electron chi connectivity index (χ0n) is 17.6. The molecular weight excluding hydrogens is 440 g/mol. The Morgan fingerprint density at radius 1 is 1.35 bits per heavy atom. The Morgan fingerprint density at radius 3 is 2.94 bits per heavy atom. The van der Waals surface area contributed by atoms with E-state index in [0.717, 1.165) is 35.4 Å². The van der Waals surface area contributed by atoms with Gasteiger partial charge in [0.15, 0.2) is 0 Å². The summed E-state index contributed by atoms with van der Waals surface area (Å²) in [6.45, 7) is 4.49. The minimum absolute atomic E-state index is 0.0266. The maximum atomic E-state index is 10.4. The summed E-state index contributed by atoms with van der Waals surface area (Å²) in [7, 11) is 0. The van der Waals surface area contributed by atoms with Crippen LogP contribution >= 0.6 is 22.9 Å². The molecule has 0 unspecified atom stereocenters. The first kappa shape index (κ1) is 21.8. The van der Waals surface area contributed by atoms with Crippen LogP contribution in [0.2, 0.25) is 4.34 Å². The lowest BCUT2D eigenvalue weighted by atomic mass is 9.78. The number of aliphatic hydroxyl groups excluding tert-OH is 2. The highest BCUT2D eigenvalue weighted by atomic mass is 35.5.